The number of nitrogens with one attached hydrogen (secondary N) is 1. The minimum atomic E-state index is -0.475. The van der Waals surface area contributed by atoms with Crippen molar-refractivity contribution in [2.24, 2.45) is 0 Å². The number of aryl methyl sites for hydroxylation is 1. The summed E-state index contributed by atoms with van der Waals surface area (Å²) in [7, 11) is 1.55. The Kier molecular flexibility index (Phi) is 4.96. The second kappa shape index (κ2) is 7.16. The number of thiocarbonyl (C=S) groups is 1. The van der Waals surface area contributed by atoms with E-state index in [1.165, 1.54) is 4.90 Å². The number of fused-ring (bicyclic) bond motifs is 1. The Morgan fingerprint density at radius 2 is 2.04 bits per heavy atom. The van der Waals surface area contributed by atoms with Crippen molar-refractivity contribution in [1.82, 2.24) is 14.8 Å². The summed E-state index contributed by atoms with van der Waals surface area (Å²) in [6, 6.07) is 7.90. The lowest BCUT2D eigenvalue weighted by Crippen LogP contribution is -2.54. The molecule has 0 atom stereocenters. The van der Waals surface area contributed by atoms with E-state index in [1.807, 2.05) is 37.4 Å². The maximum absolute atomic E-state index is 12.7. The molecule has 2 amide bonds. The summed E-state index contributed by atoms with van der Waals surface area (Å²) >= 11 is 5.10. The van der Waals surface area contributed by atoms with Gasteiger partial charge in [-0.2, -0.15) is 0 Å². The van der Waals surface area contributed by atoms with Gasteiger partial charge in [0.2, 0.25) is 0 Å². The Labute approximate surface area is 151 Å². The van der Waals surface area contributed by atoms with Crippen LogP contribution in [0.15, 0.2) is 36.0 Å². The van der Waals surface area contributed by atoms with Crippen molar-refractivity contribution in [3.05, 3.63) is 41.6 Å². The number of para-hydroxylation sites is 1. The van der Waals surface area contributed by atoms with E-state index in [4.69, 9.17) is 17.0 Å². The van der Waals surface area contributed by atoms with Crippen LogP contribution < -0.4 is 5.32 Å². The third-order valence-corrected chi connectivity index (χ3v) is 4.49. The first kappa shape index (κ1) is 17.3. The lowest BCUT2D eigenvalue weighted by atomic mass is 10.1. The number of rotatable bonds is 5. The topological polar surface area (TPSA) is 63.6 Å². The van der Waals surface area contributed by atoms with Crippen LogP contribution in [-0.2, 0) is 20.9 Å². The molecule has 1 aromatic carbocycles. The van der Waals surface area contributed by atoms with Crippen molar-refractivity contribution in [2.45, 2.75) is 13.5 Å². The van der Waals surface area contributed by atoms with Gasteiger partial charge in [-0.1, -0.05) is 18.2 Å². The Morgan fingerprint density at radius 1 is 1.28 bits per heavy atom. The predicted octanol–water partition coefficient (Wildman–Crippen LogP) is 1.93. The maximum Gasteiger partial charge on any atom is 0.265 e. The van der Waals surface area contributed by atoms with Crippen LogP contribution in [0.3, 0.4) is 0 Å². The molecular weight excluding hydrogens is 338 g/mol. The minimum absolute atomic E-state index is 0.0729. The van der Waals surface area contributed by atoms with Crippen molar-refractivity contribution in [3.8, 4) is 0 Å². The minimum Gasteiger partial charge on any atom is -0.383 e. The first-order chi connectivity index (χ1) is 12.1. The molecule has 0 radical (unpaired) electrons. The first-order valence-corrected chi connectivity index (χ1v) is 8.43. The third kappa shape index (κ3) is 3.20. The maximum atomic E-state index is 12.7. The van der Waals surface area contributed by atoms with Gasteiger partial charge in [-0.15, -0.1) is 0 Å². The highest BCUT2D eigenvalue weighted by molar-refractivity contribution is 7.80. The van der Waals surface area contributed by atoms with Gasteiger partial charge in [0.05, 0.1) is 13.2 Å². The van der Waals surface area contributed by atoms with Crippen LogP contribution in [0, 0.1) is 0 Å². The van der Waals surface area contributed by atoms with E-state index in [9.17, 15) is 9.59 Å². The molecule has 1 aliphatic rings. The molecule has 1 saturated heterocycles. The number of carbonyl (C=O) groups is 2. The molecular formula is C18H19N3O3S. The van der Waals surface area contributed by atoms with Gasteiger partial charge in [-0.3, -0.25) is 19.8 Å². The van der Waals surface area contributed by atoms with Gasteiger partial charge in [-0.05, 0) is 31.3 Å². The van der Waals surface area contributed by atoms with Crippen molar-refractivity contribution in [2.75, 3.05) is 20.3 Å². The molecule has 0 spiro atoms. The molecule has 0 aliphatic carbocycles. The number of ether oxygens (including phenoxy) is 1. The predicted molar refractivity (Wildman–Crippen MR) is 99.9 cm³/mol. The zero-order chi connectivity index (χ0) is 18.0. The van der Waals surface area contributed by atoms with Gasteiger partial charge >= 0.3 is 0 Å². The van der Waals surface area contributed by atoms with Crippen molar-refractivity contribution in [3.63, 3.8) is 0 Å². The van der Waals surface area contributed by atoms with Crippen LogP contribution in [0.25, 0.3) is 17.0 Å². The zero-order valence-corrected chi connectivity index (χ0v) is 14.9. The summed E-state index contributed by atoms with van der Waals surface area (Å²) < 4.78 is 7.09. The fourth-order valence-electron chi connectivity index (χ4n) is 2.89. The van der Waals surface area contributed by atoms with Gasteiger partial charge in [0.15, 0.2) is 5.11 Å². The standard InChI is InChI=1S/C18H19N3O3S/c1-3-20-11-12(13-6-4-5-7-15(13)20)10-14-16(22)19-18(25)21(17(14)23)8-9-24-2/h4-7,10-11H,3,8-9H2,1-2H3,(H,19,22,25)/b14-10-. The first-order valence-electron chi connectivity index (χ1n) is 8.02. The molecule has 1 aliphatic heterocycles. The number of hydrogen-bond donors (Lipinski definition) is 1. The highest BCUT2D eigenvalue weighted by Gasteiger charge is 2.33. The second-order valence-electron chi connectivity index (χ2n) is 5.65. The molecule has 1 fully saturated rings. The molecule has 25 heavy (non-hydrogen) atoms. The molecule has 1 aromatic heterocycles. The number of carbonyl (C=O) groups excluding carboxylic acids is 2. The van der Waals surface area contributed by atoms with E-state index in [0.29, 0.717) is 13.2 Å². The summed E-state index contributed by atoms with van der Waals surface area (Å²) in [6.45, 7) is 3.48. The van der Waals surface area contributed by atoms with Crippen LogP contribution in [0.2, 0.25) is 0 Å². The van der Waals surface area contributed by atoms with Crippen LogP contribution in [0.4, 0.5) is 0 Å². The molecule has 2 heterocycles. The summed E-state index contributed by atoms with van der Waals surface area (Å²) in [5.41, 5.74) is 1.96. The van der Waals surface area contributed by atoms with E-state index in [1.54, 1.807) is 13.2 Å². The van der Waals surface area contributed by atoms with Crippen LogP contribution in [0.1, 0.15) is 12.5 Å². The largest absolute Gasteiger partial charge is 0.383 e. The van der Waals surface area contributed by atoms with Crippen molar-refractivity contribution in [1.29, 1.82) is 0 Å². The van der Waals surface area contributed by atoms with Crippen molar-refractivity contribution >= 4 is 46.1 Å². The summed E-state index contributed by atoms with van der Waals surface area (Å²) in [4.78, 5) is 26.4. The van der Waals surface area contributed by atoms with Gasteiger partial charge < -0.3 is 9.30 Å². The highest BCUT2D eigenvalue weighted by atomic mass is 32.1. The Bertz CT molecular complexity index is 885. The second-order valence-corrected chi connectivity index (χ2v) is 6.04. The fraction of sp³-hybridized carbons (Fsp3) is 0.278. The lowest BCUT2D eigenvalue weighted by Gasteiger charge is -2.28. The van der Waals surface area contributed by atoms with Gasteiger partial charge in [0, 0.05) is 36.3 Å². The smallest absolute Gasteiger partial charge is 0.265 e. The molecule has 130 valence electrons. The van der Waals surface area contributed by atoms with E-state index < -0.39 is 11.8 Å². The number of hydrogen-bond acceptors (Lipinski definition) is 4. The van der Waals surface area contributed by atoms with Gasteiger partial charge in [0.25, 0.3) is 11.8 Å². The molecule has 0 bridgehead atoms. The molecule has 6 nitrogen and oxygen atoms in total. The average molecular weight is 357 g/mol. The van der Waals surface area contributed by atoms with Crippen LogP contribution >= 0.6 is 12.2 Å². The van der Waals surface area contributed by atoms with E-state index in [-0.39, 0.29) is 10.7 Å². The molecule has 0 saturated carbocycles. The third-order valence-electron chi connectivity index (χ3n) is 4.16. The quantitative estimate of drug-likeness (QED) is 0.505. The van der Waals surface area contributed by atoms with Gasteiger partial charge in [0.1, 0.15) is 5.57 Å². The summed E-state index contributed by atoms with van der Waals surface area (Å²) in [5.74, 6) is -0.879. The van der Waals surface area contributed by atoms with Crippen LogP contribution in [-0.4, -0.2) is 46.7 Å². The number of methoxy groups -OCH3 is 1. The SMILES string of the molecule is CCn1cc(/C=C2/C(=O)NC(=S)N(CCOC)C2=O)c2ccccc21. The number of nitrogens with zero attached hydrogens (tertiary/aromatic N) is 2. The van der Waals surface area contributed by atoms with E-state index in [2.05, 4.69) is 9.88 Å². The fourth-order valence-corrected chi connectivity index (χ4v) is 3.15. The Hall–Kier alpha value is -2.51. The molecule has 2 aromatic rings. The van der Waals surface area contributed by atoms with E-state index in [0.717, 1.165) is 23.0 Å². The van der Waals surface area contributed by atoms with Crippen LogP contribution in [0.5, 0.6) is 0 Å². The van der Waals surface area contributed by atoms with E-state index >= 15 is 0 Å². The number of aromatic nitrogens is 1. The molecule has 7 heteroatoms. The zero-order valence-electron chi connectivity index (χ0n) is 14.1. The van der Waals surface area contributed by atoms with Crippen molar-refractivity contribution < 1.29 is 14.3 Å². The van der Waals surface area contributed by atoms with Gasteiger partial charge in [-0.25, -0.2) is 0 Å². The number of amides is 2. The summed E-state index contributed by atoms with van der Waals surface area (Å²) in [5, 5.41) is 3.68. The molecule has 3 rings (SSSR count). The lowest BCUT2D eigenvalue weighted by molar-refractivity contribution is -0.129. The molecule has 0 unspecified atom stereocenters. The molecule has 1 N–H and O–H groups in total. The highest BCUT2D eigenvalue weighted by Crippen LogP contribution is 2.24. The average Bonchev–Trinajstić information content (AvgIpc) is 2.96. The Balaban J connectivity index is 2.03. The monoisotopic (exact) mass is 357 g/mol. The summed E-state index contributed by atoms with van der Waals surface area (Å²) in [6.07, 6.45) is 3.58. The Morgan fingerprint density at radius 3 is 2.76 bits per heavy atom. The number of benzene rings is 1. The normalized spacial score (nSPS) is 16.8.